The zero-order chi connectivity index (χ0) is 16.2. The molecule has 10 nitrogen and oxygen atoms in total. The zero-order valence-electron chi connectivity index (χ0n) is 11.6. The third-order valence-corrected chi connectivity index (χ3v) is 4.51. The third-order valence-electron chi connectivity index (χ3n) is 2.74. The molecule has 5 atom stereocenters. The zero-order valence-corrected chi connectivity index (χ0v) is 12.5. The highest BCUT2D eigenvalue weighted by Crippen LogP contribution is 2.45. The van der Waals surface area contributed by atoms with Crippen LogP contribution in [0.15, 0.2) is 0 Å². The average molecular weight is 329 g/mol. The average Bonchev–Trinajstić information content (AvgIpc) is 2.39. The molecule has 1 saturated heterocycles. The molecule has 11 heteroatoms. The van der Waals surface area contributed by atoms with Gasteiger partial charge in [0.15, 0.2) is 6.10 Å². The summed E-state index contributed by atoms with van der Waals surface area (Å²) in [5, 5.41) is 40.1. The summed E-state index contributed by atoms with van der Waals surface area (Å²) < 4.78 is 27.0. The van der Waals surface area contributed by atoms with Gasteiger partial charge in [0, 0.05) is 0 Å². The summed E-state index contributed by atoms with van der Waals surface area (Å²) in [5.74, 6) is -1.54. The van der Waals surface area contributed by atoms with Crippen LogP contribution in [0.2, 0.25) is 0 Å². The van der Waals surface area contributed by atoms with Gasteiger partial charge in [-0.15, -0.1) is 0 Å². The number of carboxylic acid groups (broad SMARTS) is 1. The summed E-state index contributed by atoms with van der Waals surface area (Å²) in [6, 6.07) is 0. The number of nitrogens with one attached hydrogen (secondary N) is 1. The van der Waals surface area contributed by atoms with Crippen LogP contribution >= 0.6 is 7.75 Å². The monoisotopic (exact) mass is 329 g/mol. The van der Waals surface area contributed by atoms with Crippen molar-refractivity contribution in [3.05, 3.63) is 0 Å². The maximum absolute atomic E-state index is 12.3. The quantitative estimate of drug-likeness (QED) is 0.354. The van der Waals surface area contributed by atoms with Crippen molar-refractivity contribution in [1.29, 1.82) is 0 Å². The van der Waals surface area contributed by atoms with Gasteiger partial charge in [-0.1, -0.05) is 0 Å². The van der Waals surface area contributed by atoms with Crippen molar-refractivity contribution >= 4 is 13.7 Å². The Balaban J connectivity index is 2.89. The maximum atomic E-state index is 12.3. The lowest BCUT2D eigenvalue weighted by Gasteiger charge is -2.39. The van der Waals surface area contributed by atoms with Crippen molar-refractivity contribution < 1.29 is 43.6 Å². The van der Waals surface area contributed by atoms with Crippen LogP contribution < -0.4 is 5.09 Å². The van der Waals surface area contributed by atoms with Gasteiger partial charge in [-0.3, -0.25) is 9.05 Å². The van der Waals surface area contributed by atoms with E-state index < -0.39 is 44.4 Å². The Bertz CT molecular complexity index is 396. The number of aliphatic hydroxyl groups excluding tert-OH is 3. The second kappa shape index (κ2) is 7.61. The minimum absolute atomic E-state index is 0.0284. The lowest BCUT2D eigenvalue weighted by Crippen LogP contribution is -2.62. The van der Waals surface area contributed by atoms with E-state index in [0.29, 0.717) is 0 Å². The van der Waals surface area contributed by atoms with E-state index in [1.54, 1.807) is 13.8 Å². The van der Waals surface area contributed by atoms with Crippen LogP contribution in [0.25, 0.3) is 0 Å². The second-order valence-electron chi connectivity index (χ2n) is 4.25. The Morgan fingerprint density at radius 2 is 1.67 bits per heavy atom. The first kappa shape index (κ1) is 18.5. The largest absolute Gasteiger partial charge is 0.479 e. The summed E-state index contributed by atoms with van der Waals surface area (Å²) in [7, 11) is -3.85. The Labute approximate surface area is 121 Å². The molecule has 0 aliphatic carbocycles. The number of hydrogen-bond donors (Lipinski definition) is 5. The first-order valence-corrected chi connectivity index (χ1v) is 7.89. The molecule has 0 radical (unpaired) electrons. The molecule has 0 aromatic carbocycles. The summed E-state index contributed by atoms with van der Waals surface area (Å²) in [6.45, 7) is 3.18. The Morgan fingerprint density at radius 3 is 2.10 bits per heavy atom. The molecule has 21 heavy (non-hydrogen) atoms. The highest BCUT2D eigenvalue weighted by molar-refractivity contribution is 7.51. The van der Waals surface area contributed by atoms with E-state index in [9.17, 15) is 24.7 Å². The van der Waals surface area contributed by atoms with Gasteiger partial charge >= 0.3 is 13.7 Å². The SMILES string of the molecule is CCOP(=O)(N[C@@H]1O[C@H](C(=O)O)[C@@H](O)[C@H](O)[C@H]1O)OCC. The summed E-state index contributed by atoms with van der Waals surface area (Å²) in [6.07, 6.45) is -8.68. The van der Waals surface area contributed by atoms with Gasteiger partial charge in [0.05, 0.1) is 13.2 Å². The van der Waals surface area contributed by atoms with Gasteiger partial charge in [0.2, 0.25) is 0 Å². The van der Waals surface area contributed by atoms with Crippen LogP contribution in [0.5, 0.6) is 0 Å². The predicted molar refractivity (Wildman–Crippen MR) is 68.3 cm³/mol. The predicted octanol–water partition coefficient (Wildman–Crippen LogP) is -1.35. The molecule has 1 aliphatic rings. The molecule has 0 unspecified atom stereocenters. The molecular formula is C10H20NO9P. The van der Waals surface area contributed by atoms with Gasteiger partial charge in [-0.25, -0.2) is 9.36 Å². The van der Waals surface area contributed by atoms with Crippen LogP contribution in [0.4, 0.5) is 0 Å². The van der Waals surface area contributed by atoms with Crippen molar-refractivity contribution in [3.8, 4) is 0 Å². The van der Waals surface area contributed by atoms with Crippen LogP contribution in [0.3, 0.4) is 0 Å². The van der Waals surface area contributed by atoms with Gasteiger partial charge in [0.1, 0.15) is 24.5 Å². The summed E-state index contributed by atoms with van der Waals surface area (Å²) in [5.41, 5.74) is 0. The normalized spacial score (nSPS) is 33.9. The fraction of sp³-hybridized carbons (Fsp3) is 0.900. The fourth-order valence-electron chi connectivity index (χ4n) is 1.80. The van der Waals surface area contributed by atoms with Gasteiger partial charge < -0.3 is 25.2 Å². The molecule has 5 N–H and O–H groups in total. The fourth-order valence-corrected chi connectivity index (χ4v) is 3.23. The van der Waals surface area contributed by atoms with Crippen LogP contribution in [-0.4, -0.2) is 70.3 Å². The first-order chi connectivity index (χ1) is 9.75. The molecule has 0 aromatic heterocycles. The van der Waals surface area contributed by atoms with E-state index in [1.165, 1.54) is 0 Å². The summed E-state index contributed by atoms with van der Waals surface area (Å²) in [4.78, 5) is 10.9. The number of hydrogen-bond acceptors (Lipinski definition) is 8. The first-order valence-electron chi connectivity index (χ1n) is 6.35. The Kier molecular flexibility index (Phi) is 6.70. The highest BCUT2D eigenvalue weighted by Gasteiger charge is 2.49. The maximum Gasteiger partial charge on any atom is 0.407 e. The van der Waals surface area contributed by atoms with E-state index in [1.807, 2.05) is 0 Å². The topological polar surface area (TPSA) is 155 Å². The van der Waals surface area contributed by atoms with Crippen LogP contribution in [-0.2, 0) is 23.1 Å². The van der Waals surface area contributed by atoms with Crippen molar-refractivity contribution in [2.24, 2.45) is 0 Å². The molecule has 0 bridgehead atoms. The molecule has 0 saturated carbocycles. The highest BCUT2D eigenvalue weighted by atomic mass is 31.2. The second-order valence-corrected chi connectivity index (χ2v) is 6.02. The van der Waals surface area contributed by atoms with Crippen molar-refractivity contribution in [2.45, 2.75) is 44.5 Å². The van der Waals surface area contributed by atoms with Crippen LogP contribution in [0.1, 0.15) is 13.8 Å². The van der Waals surface area contributed by atoms with Gasteiger partial charge in [0.25, 0.3) is 0 Å². The minimum Gasteiger partial charge on any atom is -0.479 e. The molecule has 0 amide bonds. The van der Waals surface area contributed by atoms with E-state index in [-0.39, 0.29) is 13.2 Å². The number of aliphatic hydroxyl groups is 3. The molecular weight excluding hydrogens is 309 g/mol. The smallest absolute Gasteiger partial charge is 0.407 e. The molecule has 1 aliphatic heterocycles. The Morgan fingerprint density at radius 1 is 1.14 bits per heavy atom. The van der Waals surface area contributed by atoms with Crippen molar-refractivity contribution in [2.75, 3.05) is 13.2 Å². The van der Waals surface area contributed by atoms with E-state index >= 15 is 0 Å². The van der Waals surface area contributed by atoms with E-state index in [0.717, 1.165) is 0 Å². The standard InChI is InChI=1S/C10H20NO9P/c1-3-18-21(17,19-4-2)11-9-7(14)5(12)6(13)8(20-9)10(15)16/h5-9,12-14H,3-4H2,1-2H3,(H,11,17)(H,15,16)/t5-,6-,7+,8-,9+/m0/s1. The third kappa shape index (κ3) is 4.44. The molecule has 1 heterocycles. The van der Waals surface area contributed by atoms with E-state index in [2.05, 4.69) is 5.09 Å². The minimum atomic E-state index is -3.85. The molecule has 1 fully saturated rings. The lowest BCUT2D eigenvalue weighted by atomic mass is 9.98. The molecule has 0 aromatic rings. The number of carbonyl (C=O) groups is 1. The van der Waals surface area contributed by atoms with Crippen molar-refractivity contribution in [1.82, 2.24) is 5.09 Å². The molecule has 124 valence electrons. The van der Waals surface area contributed by atoms with Gasteiger partial charge in [-0.05, 0) is 13.8 Å². The van der Waals surface area contributed by atoms with Crippen molar-refractivity contribution in [3.63, 3.8) is 0 Å². The Hall–Kier alpha value is -0.580. The van der Waals surface area contributed by atoms with E-state index in [4.69, 9.17) is 18.9 Å². The molecule has 0 spiro atoms. The number of rotatable bonds is 7. The van der Waals surface area contributed by atoms with Crippen LogP contribution in [0, 0.1) is 0 Å². The summed E-state index contributed by atoms with van der Waals surface area (Å²) >= 11 is 0. The van der Waals surface area contributed by atoms with Gasteiger partial charge in [-0.2, -0.15) is 5.09 Å². The number of aliphatic carboxylic acids is 1. The lowest BCUT2D eigenvalue weighted by molar-refractivity contribution is -0.230. The number of ether oxygens (including phenoxy) is 1. The number of carboxylic acids is 1. The molecule has 1 rings (SSSR count).